The normalized spacial score (nSPS) is 29.8. The van der Waals surface area contributed by atoms with Gasteiger partial charge in [0, 0.05) is 18.1 Å². The van der Waals surface area contributed by atoms with Crippen molar-refractivity contribution in [3.63, 3.8) is 0 Å². The van der Waals surface area contributed by atoms with Crippen LogP contribution in [0.25, 0.3) is 0 Å². The van der Waals surface area contributed by atoms with E-state index in [1.165, 1.54) is 77.3 Å². The van der Waals surface area contributed by atoms with Gasteiger partial charge in [-0.1, -0.05) is 33.1 Å². The van der Waals surface area contributed by atoms with Gasteiger partial charge in [0.25, 0.3) is 0 Å². The van der Waals surface area contributed by atoms with Crippen LogP contribution in [-0.4, -0.2) is 36.1 Å². The lowest BCUT2D eigenvalue weighted by atomic mass is 9.86. The van der Waals surface area contributed by atoms with Crippen LogP contribution in [0.5, 0.6) is 0 Å². The molecule has 2 rings (SSSR count). The molecule has 2 aliphatic carbocycles. The van der Waals surface area contributed by atoms with Gasteiger partial charge in [-0.15, -0.1) is 0 Å². The van der Waals surface area contributed by atoms with E-state index >= 15 is 0 Å². The van der Waals surface area contributed by atoms with Gasteiger partial charge in [0.1, 0.15) is 0 Å². The molecule has 19 heavy (non-hydrogen) atoms. The molecule has 0 spiro atoms. The summed E-state index contributed by atoms with van der Waals surface area (Å²) in [5, 5.41) is 3.71. The Morgan fingerprint density at radius 2 is 1.47 bits per heavy atom. The van der Waals surface area contributed by atoms with Crippen LogP contribution >= 0.6 is 0 Å². The summed E-state index contributed by atoms with van der Waals surface area (Å²) >= 11 is 0. The zero-order valence-corrected chi connectivity index (χ0v) is 13.2. The SMILES string of the molecule is CCCNC1CCC(N(CC)C2CCCCC2)CC1. The molecular weight excluding hydrogens is 232 g/mol. The fraction of sp³-hybridized carbons (Fsp3) is 1.00. The Morgan fingerprint density at radius 1 is 0.842 bits per heavy atom. The van der Waals surface area contributed by atoms with Crippen molar-refractivity contribution in [2.45, 2.75) is 96.2 Å². The fourth-order valence-electron chi connectivity index (χ4n) is 4.19. The summed E-state index contributed by atoms with van der Waals surface area (Å²) in [6, 6.07) is 2.60. The molecule has 2 saturated carbocycles. The molecule has 1 N–H and O–H groups in total. The molecule has 0 amide bonds. The van der Waals surface area contributed by atoms with E-state index in [0.29, 0.717) is 0 Å². The van der Waals surface area contributed by atoms with Gasteiger partial charge < -0.3 is 5.32 Å². The number of nitrogens with one attached hydrogen (secondary N) is 1. The van der Waals surface area contributed by atoms with E-state index in [2.05, 4.69) is 24.1 Å². The van der Waals surface area contributed by atoms with E-state index in [0.717, 1.165) is 18.1 Å². The van der Waals surface area contributed by atoms with Crippen LogP contribution in [0, 0.1) is 0 Å². The highest BCUT2D eigenvalue weighted by Gasteiger charge is 2.29. The van der Waals surface area contributed by atoms with Gasteiger partial charge in [0.05, 0.1) is 0 Å². The average molecular weight is 266 g/mol. The summed E-state index contributed by atoms with van der Waals surface area (Å²) in [6.07, 6.45) is 14.2. The highest BCUT2D eigenvalue weighted by Crippen LogP contribution is 2.30. The average Bonchev–Trinajstić information content (AvgIpc) is 2.48. The third kappa shape index (κ3) is 4.46. The molecule has 2 aliphatic rings. The largest absolute Gasteiger partial charge is 0.314 e. The van der Waals surface area contributed by atoms with Gasteiger partial charge in [-0.05, 0) is 58.0 Å². The minimum absolute atomic E-state index is 0.807. The van der Waals surface area contributed by atoms with E-state index in [-0.39, 0.29) is 0 Å². The molecule has 2 heteroatoms. The van der Waals surface area contributed by atoms with Crippen LogP contribution in [-0.2, 0) is 0 Å². The second-order valence-corrected chi connectivity index (χ2v) is 6.58. The number of hydrogen-bond acceptors (Lipinski definition) is 2. The molecule has 0 aromatic carbocycles. The summed E-state index contributed by atoms with van der Waals surface area (Å²) < 4.78 is 0. The van der Waals surface area contributed by atoms with Crippen LogP contribution < -0.4 is 5.32 Å². The van der Waals surface area contributed by atoms with Gasteiger partial charge in [-0.2, -0.15) is 0 Å². The molecule has 0 heterocycles. The zero-order chi connectivity index (χ0) is 13.5. The van der Waals surface area contributed by atoms with Gasteiger partial charge >= 0.3 is 0 Å². The van der Waals surface area contributed by atoms with Gasteiger partial charge in [0.2, 0.25) is 0 Å². The Balaban J connectivity index is 1.77. The summed E-state index contributed by atoms with van der Waals surface area (Å²) in [5.74, 6) is 0. The molecule has 0 saturated heterocycles. The first-order valence-corrected chi connectivity index (χ1v) is 8.84. The maximum absolute atomic E-state index is 3.71. The lowest BCUT2D eigenvalue weighted by molar-refractivity contribution is 0.0804. The highest BCUT2D eigenvalue weighted by molar-refractivity contribution is 4.86. The summed E-state index contributed by atoms with van der Waals surface area (Å²) in [7, 11) is 0. The van der Waals surface area contributed by atoms with E-state index < -0.39 is 0 Å². The summed E-state index contributed by atoms with van der Waals surface area (Å²) in [4.78, 5) is 2.86. The topological polar surface area (TPSA) is 15.3 Å². The number of nitrogens with zero attached hydrogens (tertiary/aromatic N) is 1. The minimum Gasteiger partial charge on any atom is -0.314 e. The standard InChI is InChI=1S/C17H34N2/c1-3-14-18-15-10-12-17(13-11-15)19(4-2)16-8-6-5-7-9-16/h15-18H,3-14H2,1-2H3. The maximum Gasteiger partial charge on any atom is 0.00992 e. The van der Waals surface area contributed by atoms with E-state index in [9.17, 15) is 0 Å². The lowest BCUT2D eigenvalue weighted by Crippen LogP contribution is -2.47. The van der Waals surface area contributed by atoms with Crippen molar-refractivity contribution in [1.29, 1.82) is 0 Å². The van der Waals surface area contributed by atoms with Crippen molar-refractivity contribution >= 4 is 0 Å². The Hall–Kier alpha value is -0.0800. The Labute approximate surface area is 120 Å². The third-order valence-corrected chi connectivity index (χ3v) is 5.26. The van der Waals surface area contributed by atoms with Crippen molar-refractivity contribution in [3.8, 4) is 0 Å². The van der Waals surface area contributed by atoms with Crippen LogP contribution in [0.4, 0.5) is 0 Å². The number of hydrogen-bond donors (Lipinski definition) is 1. The van der Waals surface area contributed by atoms with Crippen molar-refractivity contribution in [2.75, 3.05) is 13.1 Å². The maximum atomic E-state index is 3.71. The highest BCUT2D eigenvalue weighted by atomic mass is 15.2. The van der Waals surface area contributed by atoms with E-state index in [1.807, 2.05) is 0 Å². The lowest BCUT2D eigenvalue weighted by Gasteiger charge is -2.42. The molecule has 2 nitrogen and oxygen atoms in total. The molecule has 2 fully saturated rings. The molecule has 0 radical (unpaired) electrons. The van der Waals surface area contributed by atoms with Gasteiger partial charge in [0.15, 0.2) is 0 Å². The molecule has 0 aromatic rings. The van der Waals surface area contributed by atoms with E-state index in [1.54, 1.807) is 0 Å². The van der Waals surface area contributed by atoms with Crippen LogP contribution in [0.2, 0.25) is 0 Å². The molecule has 0 aliphatic heterocycles. The first kappa shape index (κ1) is 15.3. The first-order chi connectivity index (χ1) is 9.35. The number of rotatable bonds is 6. The molecule has 0 aromatic heterocycles. The molecule has 0 bridgehead atoms. The Kier molecular flexibility index (Phi) is 6.66. The zero-order valence-electron chi connectivity index (χ0n) is 13.2. The fourth-order valence-corrected chi connectivity index (χ4v) is 4.19. The second kappa shape index (κ2) is 8.26. The summed E-state index contributed by atoms with van der Waals surface area (Å²) in [6.45, 7) is 7.11. The smallest absolute Gasteiger partial charge is 0.00992 e. The van der Waals surface area contributed by atoms with Gasteiger partial charge in [-0.25, -0.2) is 0 Å². The predicted octanol–water partition coefficient (Wildman–Crippen LogP) is 3.95. The predicted molar refractivity (Wildman–Crippen MR) is 83.6 cm³/mol. The van der Waals surface area contributed by atoms with Crippen molar-refractivity contribution in [2.24, 2.45) is 0 Å². The van der Waals surface area contributed by atoms with Crippen LogP contribution in [0.15, 0.2) is 0 Å². The van der Waals surface area contributed by atoms with E-state index in [4.69, 9.17) is 0 Å². The Bertz CT molecular complexity index is 227. The van der Waals surface area contributed by atoms with Crippen molar-refractivity contribution in [1.82, 2.24) is 10.2 Å². The molecule has 112 valence electrons. The van der Waals surface area contributed by atoms with Gasteiger partial charge in [-0.3, -0.25) is 4.90 Å². The Morgan fingerprint density at radius 3 is 2.05 bits per heavy atom. The van der Waals surface area contributed by atoms with Crippen molar-refractivity contribution < 1.29 is 0 Å². The minimum atomic E-state index is 0.807. The van der Waals surface area contributed by atoms with Crippen molar-refractivity contribution in [3.05, 3.63) is 0 Å². The first-order valence-electron chi connectivity index (χ1n) is 8.84. The molecule has 0 unspecified atom stereocenters. The van der Waals surface area contributed by atoms with Crippen LogP contribution in [0.1, 0.15) is 78.1 Å². The summed E-state index contributed by atoms with van der Waals surface area (Å²) in [5.41, 5.74) is 0. The molecule has 0 atom stereocenters. The van der Waals surface area contributed by atoms with Crippen LogP contribution in [0.3, 0.4) is 0 Å². The third-order valence-electron chi connectivity index (χ3n) is 5.26. The monoisotopic (exact) mass is 266 g/mol. The second-order valence-electron chi connectivity index (χ2n) is 6.58. The quantitative estimate of drug-likeness (QED) is 0.783. The molecular formula is C17H34N2.